The Balaban J connectivity index is 1.29. The number of hydrogen-bond donors (Lipinski definition) is 4. The first-order valence-corrected chi connectivity index (χ1v) is 14.0. The lowest BCUT2D eigenvalue weighted by atomic mass is 9.96. The molecule has 3 aromatic rings. The fourth-order valence-corrected chi connectivity index (χ4v) is 5.95. The molecule has 2 saturated heterocycles. The van der Waals surface area contributed by atoms with Crippen LogP contribution in [0.2, 0.25) is 0 Å². The number of aromatic nitrogens is 1. The molecule has 10 nitrogen and oxygen atoms in total. The fraction of sp³-hybridized carbons (Fsp3) is 0.387. The number of nitrogens with zero attached hydrogens (tertiary/aromatic N) is 3. The zero-order chi connectivity index (χ0) is 28.8. The summed E-state index contributed by atoms with van der Waals surface area (Å²) in [5.74, 6) is 0.970. The predicted octanol–water partition coefficient (Wildman–Crippen LogP) is 4.02. The average Bonchev–Trinajstić information content (AvgIpc) is 3.68. The summed E-state index contributed by atoms with van der Waals surface area (Å²) in [6, 6.07) is 16.6. The summed E-state index contributed by atoms with van der Waals surface area (Å²) in [5.41, 5.74) is 11.8. The van der Waals surface area contributed by atoms with Crippen molar-refractivity contribution in [3.05, 3.63) is 83.7 Å². The molecule has 0 aliphatic carbocycles. The Bertz CT molecular complexity index is 1370. The molecule has 5 rings (SSSR count). The first kappa shape index (κ1) is 28.2. The lowest BCUT2D eigenvalue weighted by Crippen LogP contribution is -2.51. The lowest BCUT2D eigenvalue weighted by molar-refractivity contribution is -0.139. The van der Waals surface area contributed by atoms with Crippen molar-refractivity contribution in [1.29, 1.82) is 5.53 Å². The molecule has 0 saturated carbocycles. The highest BCUT2D eigenvalue weighted by Gasteiger charge is 2.43. The van der Waals surface area contributed by atoms with Gasteiger partial charge in [-0.15, -0.1) is 0 Å². The molecule has 2 aliphatic heterocycles. The highest BCUT2D eigenvalue weighted by molar-refractivity contribution is 5.90. The van der Waals surface area contributed by atoms with Crippen LogP contribution in [-0.4, -0.2) is 61.0 Å². The van der Waals surface area contributed by atoms with Crippen LogP contribution < -0.4 is 20.7 Å². The second-order valence-electron chi connectivity index (χ2n) is 10.8. The van der Waals surface area contributed by atoms with E-state index in [-0.39, 0.29) is 36.2 Å². The number of nitrogens with one attached hydrogen (secondary N) is 4. The van der Waals surface area contributed by atoms with Crippen LogP contribution in [0.15, 0.2) is 72.1 Å². The number of anilines is 1. The third kappa shape index (κ3) is 6.54. The highest BCUT2D eigenvalue weighted by atomic mass is 16.5. The van der Waals surface area contributed by atoms with Crippen LogP contribution in [0.3, 0.4) is 0 Å². The summed E-state index contributed by atoms with van der Waals surface area (Å²) < 4.78 is 5.29. The molecule has 4 atom stereocenters. The van der Waals surface area contributed by atoms with Crippen LogP contribution in [0.4, 0.5) is 11.4 Å². The molecule has 3 heterocycles. The number of likely N-dealkylation sites (tertiary alicyclic amines) is 1. The first-order chi connectivity index (χ1) is 20.0. The summed E-state index contributed by atoms with van der Waals surface area (Å²) in [6.45, 7) is 1.52. The zero-order valence-electron chi connectivity index (χ0n) is 23.5. The molecule has 214 valence electrons. The van der Waals surface area contributed by atoms with Crippen molar-refractivity contribution in [3.63, 3.8) is 0 Å². The van der Waals surface area contributed by atoms with E-state index in [9.17, 15) is 9.59 Å². The standard InChI is InChI=1S/C31H37N7O3/c1-33-26-10-7-21(13-27(26)37-32)16-36-30(39)29-14-22(12-20-5-8-25(41-2)9-6-20)19-38(29)31(40)28-15-24(18-35-28)23-4-3-11-34-17-23/h3-11,13,17,22,24,28-29,32-33,35H,12,14-16,18-19H2,1-2H3,(H,36,39)/t22-,24-,28-,29+/m1/s1. The van der Waals surface area contributed by atoms with Gasteiger partial charge in [-0.25, -0.2) is 5.53 Å². The Morgan fingerprint density at radius 1 is 1.15 bits per heavy atom. The van der Waals surface area contributed by atoms with E-state index in [2.05, 4.69) is 26.0 Å². The van der Waals surface area contributed by atoms with Crippen molar-refractivity contribution >= 4 is 23.2 Å². The third-order valence-electron chi connectivity index (χ3n) is 8.16. The molecule has 41 heavy (non-hydrogen) atoms. The number of carbonyl (C=O) groups is 2. The minimum absolute atomic E-state index is 0.0255. The molecular weight excluding hydrogens is 518 g/mol. The zero-order valence-corrected chi connectivity index (χ0v) is 23.5. The molecule has 0 radical (unpaired) electrons. The Labute approximate surface area is 240 Å². The van der Waals surface area contributed by atoms with Gasteiger partial charge in [-0.3, -0.25) is 14.6 Å². The van der Waals surface area contributed by atoms with Gasteiger partial charge in [0.2, 0.25) is 11.8 Å². The Morgan fingerprint density at radius 3 is 2.66 bits per heavy atom. The lowest BCUT2D eigenvalue weighted by Gasteiger charge is -2.27. The van der Waals surface area contributed by atoms with Crippen molar-refractivity contribution in [2.24, 2.45) is 11.0 Å². The highest BCUT2D eigenvalue weighted by Crippen LogP contribution is 2.32. The van der Waals surface area contributed by atoms with E-state index in [1.54, 1.807) is 31.3 Å². The van der Waals surface area contributed by atoms with Crippen molar-refractivity contribution in [3.8, 4) is 5.75 Å². The van der Waals surface area contributed by atoms with Gasteiger partial charge in [-0.05, 0) is 78.1 Å². The quantitative estimate of drug-likeness (QED) is 0.280. The van der Waals surface area contributed by atoms with Crippen LogP contribution in [-0.2, 0) is 22.6 Å². The van der Waals surface area contributed by atoms with Gasteiger partial charge in [0, 0.05) is 39.1 Å². The van der Waals surface area contributed by atoms with Crippen molar-refractivity contribution in [1.82, 2.24) is 20.5 Å². The molecule has 2 fully saturated rings. The number of benzene rings is 2. The largest absolute Gasteiger partial charge is 0.497 e. The van der Waals surface area contributed by atoms with Gasteiger partial charge >= 0.3 is 0 Å². The SMILES string of the molecule is CNc1ccc(CNC(=O)[C@@H]2C[C@@H](Cc3ccc(OC)cc3)CN2C(=O)[C@H]2C[C@@H](c3cccnc3)CN2)cc1N=N. The first-order valence-electron chi connectivity index (χ1n) is 14.0. The maximum atomic E-state index is 13.9. The Kier molecular flexibility index (Phi) is 8.88. The molecule has 2 aromatic carbocycles. The number of carbonyl (C=O) groups excluding carboxylic acids is 2. The molecule has 2 amide bonds. The summed E-state index contributed by atoms with van der Waals surface area (Å²) in [5, 5.41) is 13.0. The number of rotatable bonds is 10. The van der Waals surface area contributed by atoms with Crippen LogP contribution in [0.25, 0.3) is 0 Å². The normalized spacial score (nSPS) is 21.9. The topological polar surface area (TPSA) is 132 Å². The van der Waals surface area contributed by atoms with Gasteiger partial charge in [0.15, 0.2) is 0 Å². The van der Waals surface area contributed by atoms with E-state index in [0.29, 0.717) is 31.6 Å². The molecule has 1 aromatic heterocycles. The van der Waals surface area contributed by atoms with Crippen LogP contribution >= 0.6 is 0 Å². The molecule has 0 unspecified atom stereocenters. The Hall–Kier alpha value is -4.31. The van der Waals surface area contributed by atoms with Gasteiger partial charge in [0.05, 0.1) is 18.8 Å². The van der Waals surface area contributed by atoms with E-state index in [4.69, 9.17) is 10.3 Å². The predicted molar refractivity (Wildman–Crippen MR) is 156 cm³/mol. The van der Waals surface area contributed by atoms with Crippen LogP contribution in [0, 0.1) is 11.4 Å². The Morgan fingerprint density at radius 2 is 1.95 bits per heavy atom. The molecule has 10 heteroatoms. The second kappa shape index (κ2) is 12.9. The average molecular weight is 556 g/mol. The van der Waals surface area contributed by atoms with Crippen LogP contribution in [0.5, 0.6) is 5.75 Å². The molecule has 4 N–H and O–H groups in total. The molecule has 2 aliphatic rings. The minimum atomic E-state index is -0.554. The number of methoxy groups -OCH3 is 1. The second-order valence-corrected chi connectivity index (χ2v) is 10.8. The summed E-state index contributed by atoms with van der Waals surface area (Å²) >= 11 is 0. The van der Waals surface area contributed by atoms with E-state index < -0.39 is 6.04 Å². The number of pyridine rings is 1. The van der Waals surface area contributed by atoms with Gasteiger partial charge in [-0.2, -0.15) is 5.11 Å². The minimum Gasteiger partial charge on any atom is -0.497 e. The van der Waals surface area contributed by atoms with Gasteiger partial charge in [0.25, 0.3) is 0 Å². The van der Waals surface area contributed by atoms with E-state index in [1.165, 1.54) is 0 Å². The number of ether oxygens (including phenoxy) is 1. The van der Waals surface area contributed by atoms with Gasteiger partial charge in [-0.1, -0.05) is 24.3 Å². The van der Waals surface area contributed by atoms with Gasteiger partial charge < -0.3 is 25.6 Å². The molecule has 0 bridgehead atoms. The fourth-order valence-electron chi connectivity index (χ4n) is 5.95. The van der Waals surface area contributed by atoms with Crippen molar-refractivity contribution < 1.29 is 14.3 Å². The van der Waals surface area contributed by atoms with Crippen LogP contribution in [0.1, 0.15) is 35.4 Å². The summed E-state index contributed by atoms with van der Waals surface area (Å²) in [7, 11) is 3.42. The molecular formula is C31H37N7O3. The summed E-state index contributed by atoms with van der Waals surface area (Å²) in [6.07, 6.45) is 5.65. The number of amides is 2. The molecule has 0 spiro atoms. The third-order valence-corrected chi connectivity index (χ3v) is 8.16. The summed E-state index contributed by atoms with van der Waals surface area (Å²) in [4.78, 5) is 33.4. The maximum Gasteiger partial charge on any atom is 0.243 e. The van der Waals surface area contributed by atoms with E-state index >= 15 is 0 Å². The monoisotopic (exact) mass is 555 g/mol. The van der Waals surface area contributed by atoms with E-state index in [0.717, 1.165) is 34.5 Å². The van der Waals surface area contributed by atoms with E-state index in [1.807, 2.05) is 54.7 Å². The van der Waals surface area contributed by atoms with Crippen molar-refractivity contribution in [2.75, 3.05) is 32.6 Å². The smallest absolute Gasteiger partial charge is 0.243 e. The maximum absolute atomic E-state index is 13.9. The number of hydrogen-bond acceptors (Lipinski definition) is 8. The van der Waals surface area contributed by atoms with Gasteiger partial charge in [0.1, 0.15) is 17.5 Å². The van der Waals surface area contributed by atoms with Crippen molar-refractivity contribution in [2.45, 2.75) is 43.8 Å².